The van der Waals surface area contributed by atoms with Gasteiger partial charge in [0, 0.05) is 19.7 Å². The SMILES string of the molecule is CN(C)C(=O)c1cccc(-c2cccc(S(N)(=O)=O)c2)c1. The van der Waals surface area contributed by atoms with Crippen LogP contribution in [0.4, 0.5) is 0 Å². The molecule has 0 aliphatic heterocycles. The van der Waals surface area contributed by atoms with E-state index in [1.165, 1.54) is 17.0 Å². The Morgan fingerprint density at radius 3 is 2.14 bits per heavy atom. The first kappa shape index (κ1) is 15.2. The first-order valence-corrected chi connectivity index (χ1v) is 7.78. The van der Waals surface area contributed by atoms with Gasteiger partial charge >= 0.3 is 0 Å². The van der Waals surface area contributed by atoms with E-state index in [9.17, 15) is 13.2 Å². The predicted molar refractivity (Wildman–Crippen MR) is 81.3 cm³/mol. The van der Waals surface area contributed by atoms with Crippen molar-refractivity contribution in [3.05, 3.63) is 54.1 Å². The zero-order valence-electron chi connectivity index (χ0n) is 11.8. The fraction of sp³-hybridized carbons (Fsp3) is 0.133. The highest BCUT2D eigenvalue weighted by Gasteiger charge is 2.11. The van der Waals surface area contributed by atoms with Gasteiger partial charge in [0.2, 0.25) is 10.0 Å². The van der Waals surface area contributed by atoms with Gasteiger partial charge in [-0.2, -0.15) is 0 Å². The molecule has 6 heteroatoms. The molecule has 2 aromatic carbocycles. The van der Waals surface area contributed by atoms with Crippen LogP contribution in [0, 0.1) is 0 Å². The van der Waals surface area contributed by atoms with E-state index in [0.717, 1.165) is 5.56 Å². The van der Waals surface area contributed by atoms with Crippen LogP contribution in [-0.2, 0) is 10.0 Å². The third kappa shape index (κ3) is 3.48. The van der Waals surface area contributed by atoms with Crippen LogP contribution in [0.1, 0.15) is 10.4 Å². The number of amides is 1. The number of nitrogens with two attached hydrogens (primary N) is 1. The maximum atomic E-state index is 12.0. The van der Waals surface area contributed by atoms with Gasteiger partial charge < -0.3 is 4.90 Å². The molecule has 0 unspecified atom stereocenters. The van der Waals surface area contributed by atoms with E-state index < -0.39 is 10.0 Å². The van der Waals surface area contributed by atoms with Gasteiger partial charge in [0.05, 0.1) is 4.90 Å². The standard InChI is InChI=1S/C15H16N2O3S/c1-17(2)15(18)13-7-3-5-11(9-13)12-6-4-8-14(10-12)21(16,19)20/h3-10H,1-2H3,(H2,16,19,20). The third-order valence-electron chi connectivity index (χ3n) is 3.01. The molecule has 0 saturated carbocycles. The highest BCUT2D eigenvalue weighted by molar-refractivity contribution is 7.89. The van der Waals surface area contributed by atoms with Gasteiger partial charge in [-0.25, -0.2) is 13.6 Å². The topological polar surface area (TPSA) is 80.5 Å². The molecule has 0 saturated heterocycles. The molecule has 0 aliphatic rings. The summed E-state index contributed by atoms with van der Waals surface area (Å²) < 4.78 is 22.8. The van der Waals surface area contributed by atoms with Crippen molar-refractivity contribution in [2.75, 3.05) is 14.1 Å². The molecular weight excluding hydrogens is 288 g/mol. The van der Waals surface area contributed by atoms with Crippen LogP contribution < -0.4 is 5.14 Å². The molecule has 0 radical (unpaired) electrons. The number of hydrogen-bond donors (Lipinski definition) is 1. The average molecular weight is 304 g/mol. The molecule has 0 aliphatic carbocycles. The lowest BCUT2D eigenvalue weighted by atomic mass is 10.0. The first-order valence-electron chi connectivity index (χ1n) is 6.24. The number of primary sulfonamides is 1. The Hall–Kier alpha value is -2.18. The van der Waals surface area contributed by atoms with Gasteiger partial charge in [-0.1, -0.05) is 24.3 Å². The molecule has 21 heavy (non-hydrogen) atoms. The fourth-order valence-electron chi connectivity index (χ4n) is 1.94. The van der Waals surface area contributed by atoms with Crippen LogP contribution in [0.3, 0.4) is 0 Å². The lowest BCUT2D eigenvalue weighted by Crippen LogP contribution is -2.21. The van der Waals surface area contributed by atoms with Crippen molar-refractivity contribution in [3.63, 3.8) is 0 Å². The predicted octanol–water partition coefficient (Wildman–Crippen LogP) is 1.70. The second kappa shape index (κ2) is 5.67. The molecule has 2 aromatic rings. The molecule has 0 heterocycles. The molecular formula is C15H16N2O3S. The van der Waals surface area contributed by atoms with Gasteiger partial charge in [0.25, 0.3) is 5.91 Å². The van der Waals surface area contributed by atoms with Crippen molar-refractivity contribution in [3.8, 4) is 11.1 Å². The molecule has 5 nitrogen and oxygen atoms in total. The fourth-order valence-corrected chi connectivity index (χ4v) is 2.50. The molecule has 0 fully saturated rings. The molecule has 0 aromatic heterocycles. The van der Waals surface area contributed by atoms with Gasteiger partial charge in [-0.15, -0.1) is 0 Å². The van der Waals surface area contributed by atoms with Crippen LogP contribution >= 0.6 is 0 Å². The molecule has 0 bridgehead atoms. The minimum absolute atomic E-state index is 0.0457. The Labute approximate surface area is 124 Å². The highest BCUT2D eigenvalue weighted by atomic mass is 32.2. The maximum absolute atomic E-state index is 12.0. The Bertz CT molecular complexity index is 783. The summed E-state index contributed by atoms with van der Waals surface area (Å²) in [5.41, 5.74) is 1.99. The average Bonchev–Trinajstić information content (AvgIpc) is 2.46. The van der Waals surface area contributed by atoms with Gasteiger partial charge in [0.1, 0.15) is 0 Å². The summed E-state index contributed by atoms with van der Waals surface area (Å²) in [4.78, 5) is 13.5. The van der Waals surface area contributed by atoms with Crippen LogP contribution in [0.5, 0.6) is 0 Å². The monoisotopic (exact) mass is 304 g/mol. The van der Waals surface area contributed by atoms with E-state index >= 15 is 0 Å². The van der Waals surface area contributed by atoms with Crippen LogP contribution in [0.2, 0.25) is 0 Å². The quantitative estimate of drug-likeness (QED) is 0.937. The van der Waals surface area contributed by atoms with E-state index in [1.807, 2.05) is 6.07 Å². The molecule has 0 spiro atoms. The summed E-state index contributed by atoms with van der Waals surface area (Å²) in [6, 6.07) is 13.3. The minimum atomic E-state index is -3.75. The number of benzene rings is 2. The van der Waals surface area contributed by atoms with Crippen molar-refractivity contribution in [1.82, 2.24) is 4.90 Å². The lowest BCUT2D eigenvalue weighted by Gasteiger charge is -2.11. The lowest BCUT2D eigenvalue weighted by molar-refractivity contribution is 0.0827. The minimum Gasteiger partial charge on any atom is -0.345 e. The summed E-state index contributed by atoms with van der Waals surface area (Å²) in [5, 5.41) is 5.13. The van der Waals surface area contributed by atoms with E-state index in [4.69, 9.17) is 5.14 Å². The highest BCUT2D eigenvalue weighted by Crippen LogP contribution is 2.23. The van der Waals surface area contributed by atoms with Gasteiger partial charge in [0.15, 0.2) is 0 Å². The van der Waals surface area contributed by atoms with Gasteiger partial charge in [-0.3, -0.25) is 4.79 Å². The molecule has 110 valence electrons. The number of carbonyl (C=O) groups excluding carboxylic acids is 1. The van der Waals surface area contributed by atoms with E-state index in [0.29, 0.717) is 11.1 Å². The zero-order valence-corrected chi connectivity index (χ0v) is 12.6. The Kier molecular flexibility index (Phi) is 4.11. The molecule has 2 N–H and O–H groups in total. The van der Waals surface area contributed by atoms with E-state index in [2.05, 4.69) is 0 Å². The summed E-state index contributed by atoms with van der Waals surface area (Å²) in [6.07, 6.45) is 0. The van der Waals surface area contributed by atoms with Crippen molar-refractivity contribution >= 4 is 15.9 Å². The summed E-state index contributed by atoms with van der Waals surface area (Å²) in [5.74, 6) is -0.112. The van der Waals surface area contributed by atoms with Crippen molar-refractivity contribution in [2.24, 2.45) is 5.14 Å². The number of nitrogens with zero attached hydrogens (tertiary/aromatic N) is 1. The summed E-state index contributed by atoms with van der Waals surface area (Å²) >= 11 is 0. The Balaban J connectivity index is 2.48. The van der Waals surface area contributed by atoms with E-state index in [1.54, 1.807) is 44.4 Å². The van der Waals surface area contributed by atoms with Crippen LogP contribution in [-0.4, -0.2) is 33.3 Å². The number of sulfonamides is 1. The second-order valence-electron chi connectivity index (χ2n) is 4.85. The summed E-state index contributed by atoms with van der Waals surface area (Å²) in [6.45, 7) is 0. The number of rotatable bonds is 3. The largest absolute Gasteiger partial charge is 0.345 e. The third-order valence-corrected chi connectivity index (χ3v) is 3.92. The second-order valence-corrected chi connectivity index (χ2v) is 6.41. The van der Waals surface area contributed by atoms with Crippen molar-refractivity contribution < 1.29 is 13.2 Å². The van der Waals surface area contributed by atoms with Crippen molar-refractivity contribution in [2.45, 2.75) is 4.90 Å². The number of carbonyl (C=O) groups is 1. The molecule has 1 amide bonds. The zero-order chi connectivity index (χ0) is 15.6. The van der Waals surface area contributed by atoms with Crippen molar-refractivity contribution in [1.29, 1.82) is 0 Å². The van der Waals surface area contributed by atoms with Gasteiger partial charge in [-0.05, 0) is 35.4 Å². The van der Waals surface area contributed by atoms with Crippen LogP contribution in [0.15, 0.2) is 53.4 Å². The van der Waals surface area contributed by atoms with E-state index in [-0.39, 0.29) is 10.8 Å². The molecule has 2 rings (SSSR count). The summed E-state index contributed by atoms with van der Waals surface area (Å²) in [7, 11) is -0.394. The smallest absolute Gasteiger partial charge is 0.253 e. The number of hydrogen-bond acceptors (Lipinski definition) is 3. The van der Waals surface area contributed by atoms with Crippen LogP contribution in [0.25, 0.3) is 11.1 Å². The first-order chi connectivity index (χ1) is 9.79. The Morgan fingerprint density at radius 2 is 1.57 bits per heavy atom. The molecule has 0 atom stereocenters. The normalized spacial score (nSPS) is 11.2. The Morgan fingerprint density at radius 1 is 1.00 bits per heavy atom. The maximum Gasteiger partial charge on any atom is 0.253 e.